The van der Waals surface area contributed by atoms with Gasteiger partial charge in [0.15, 0.2) is 0 Å². The molecule has 1 aromatic carbocycles. The van der Waals surface area contributed by atoms with Gasteiger partial charge in [0.1, 0.15) is 5.82 Å². The molecule has 0 saturated carbocycles. The van der Waals surface area contributed by atoms with E-state index in [0.717, 1.165) is 18.4 Å². The summed E-state index contributed by atoms with van der Waals surface area (Å²) >= 11 is 0. The number of aliphatic hydroxyl groups excluding tert-OH is 1. The van der Waals surface area contributed by atoms with Gasteiger partial charge in [0.2, 0.25) is 5.91 Å². The van der Waals surface area contributed by atoms with Crippen molar-refractivity contribution in [3.8, 4) is 0 Å². The van der Waals surface area contributed by atoms with E-state index in [0.29, 0.717) is 13.1 Å². The number of benzene rings is 1. The predicted molar refractivity (Wildman–Crippen MR) is 81.6 cm³/mol. The van der Waals surface area contributed by atoms with Gasteiger partial charge in [-0.1, -0.05) is 12.1 Å². The Bertz CT molecular complexity index is 459. The quantitative estimate of drug-likeness (QED) is 0.894. The molecule has 1 aliphatic heterocycles. The molecule has 2 unspecified atom stereocenters. The van der Waals surface area contributed by atoms with E-state index in [9.17, 15) is 14.3 Å². The molecule has 1 aliphatic rings. The Hall–Kier alpha value is -1.17. The van der Waals surface area contributed by atoms with Gasteiger partial charge in [-0.3, -0.25) is 4.79 Å². The maximum atomic E-state index is 12.9. The highest BCUT2D eigenvalue weighted by atomic mass is 35.5. The third kappa shape index (κ3) is 4.40. The molecule has 0 spiro atoms. The highest BCUT2D eigenvalue weighted by molar-refractivity contribution is 5.85. The Kier molecular flexibility index (Phi) is 6.58. The molecule has 6 heteroatoms. The van der Waals surface area contributed by atoms with Crippen LogP contribution < -0.4 is 5.73 Å². The molecule has 1 fully saturated rings. The summed E-state index contributed by atoms with van der Waals surface area (Å²) in [7, 11) is 0. The fraction of sp³-hybridized carbons (Fsp3) is 0.533. The molecule has 1 heterocycles. The summed E-state index contributed by atoms with van der Waals surface area (Å²) in [5.74, 6) is -0.254. The summed E-state index contributed by atoms with van der Waals surface area (Å²) in [6.45, 7) is 2.91. The first-order chi connectivity index (χ1) is 9.49. The molecular formula is C15H22ClFN2O2. The van der Waals surface area contributed by atoms with Crippen molar-refractivity contribution in [3.05, 3.63) is 35.6 Å². The van der Waals surface area contributed by atoms with Gasteiger partial charge >= 0.3 is 0 Å². The average Bonchev–Trinajstić information content (AvgIpc) is 2.46. The summed E-state index contributed by atoms with van der Waals surface area (Å²) in [6, 6.07) is 5.45. The second kappa shape index (κ2) is 7.73. The third-order valence-electron chi connectivity index (χ3n) is 3.90. The topological polar surface area (TPSA) is 66.6 Å². The lowest BCUT2D eigenvalue weighted by Gasteiger charge is -2.35. The SMILES string of the molecule is CC(N)C(=O)N1CCC(C(O)c2ccc(F)cc2)CC1.Cl. The van der Waals surface area contributed by atoms with Crippen LogP contribution in [0.5, 0.6) is 0 Å². The van der Waals surface area contributed by atoms with Crippen LogP contribution in [0.2, 0.25) is 0 Å². The molecule has 0 bridgehead atoms. The third-order valence-corrected chi connectivity index (χ3v) is 3.90. The number of halogens is 2. The van der Waals surface area contributed by atoms with Crippen LogP contribution in [0.1, 0.15) is 31.4 Å². The van der Waals surface area contributed by atoms with E-state index in [1.165, 1.54) is 12.1 Å². The van der Waals surface area contributed by atoms with Crippen molar-refractivity contribution < 1.29 is 14.3 Å². The number of nitrogens with two attached hydrogens (primary N) is 1. The number of aliphatic hydroxyl groups is 1. The molecule has 0 aromatic heterocycles. The molecule has 2 rings (SSSR count). The molecule has 1 aromatic rings. The maximum Gasteiger partial charge on any atom is 0.239 e. The monoisotopic (exact) mass is 316 g/mol. The van der Waals surface area contributed by atoms with Crippen LogP contribution in [0, 0.1) is 11.7 Å². The first-order valence-corrected chi connectivity index (χ1v) is 6.97. The van der Waals surface area contributed by atoms with Crippen LogP contribution in [0.4, 0.5) is 4.39 Å². The first-order valence-electron chi connectivity index (χ1n) is 6.97. The number of likely N-dealkylation sites (tertiary alicyclic amines) is 1. The minimum absolute atomic E-state index is 0. The molecule has 2 atom stereocenters. The fourth-order valence-corrected chi connectivity index (χ4v) is 2.66. The predicted octanol–water partition coefficient (Wildman–Crippen LogP) is 1.87. The van der Waals surface area contributed by atoms with E-state index in [-0.39, 0.29) is 30.0 Å². The first kappa shape index (κ1) is 17.9. The second-order valence-corrected chi connectivity index (χ2v) is 5.45. The zero-order valence-electron chi connectivity index (χ0n) is 12.0. The summed E-state index contributed by atoms with van der Waals surface area (Å²) in [5, 5.41) is 10.3. The number of hydrogen-bond acceptors (Lipinski definition) is 3. The standard InChI is InChI=1S/C15H21FN2O2.ClH/c1-10(17)15(20)18-8-6-12(7-9-18)14(19)11-2-4-13(16)5-3-11;/h2-5,10,12,14,19H,6-9,17H2,1H3;1H. The lowest BCUT2D eigenvalue weighted by molar-refractivity contribution is -0.134. The van der Waals surface area contributed by atoms with Crippen LogP contribution in [0.3, 0.4) is 0 Å². The molecule has 1 amide bonds. The van der Waals surface area contributed by atoms with Crippen LogP contribution in [0.25, 0.3) is 0 Å². The van der Waals surface area contributed by atoms with Gasteiger partial charge in [-0.15, -0.1) is 12.4 Å². The molecule has 3 N–H and O–H groups in total. The summed E-state index contributed by atoms with van der Waals surface area (Å²) in [5.41, 5.74) is 6.32. The largest absolute Gasteiger partial charge is 0.388 e. The smallest absolute Gasteiger partial charge is 0.239 e. The Labute approximate surface area is 130 Å². The fourth-order valence-electron chi connectivity index (χ4n) is 2.66. The van der Waals surface area contributed by atoms with Gasteiger partial charge in [-0.05, 0) is 43.4 Å². The van der Waals surface area contributed by atoms with Gasteiger partial charge in [-0.2, -0.15) is 0 Å². The zero-order valence-corrected chi connectivity index (χ0v) is 12.9. The molecule has 0 aliphatic carbocycles. The minimum Gasteiger partial charge on any atom is -0.388 e. The lowest BCUT2D eigenvalue weighted by Crippen LogP contribution is -2.46. The molecule has 21 heavy (non-hydrogen) atoms. The Morgan fingerprint density at radius 1 is 1.33 bits per heavy atom. The molecule has 0 radical (unpaired) electrons. The van der Waals surface area contributed by atoms with Crippen LogP contribution >= 0.6 is 12.4 Å². The Morgan fingerprint density at radius 2 is 1.86 bits per heavy atom. The van der Waals surface area contributed by atoms with E-state index >= 15 is 0 Å². The lowest BCUT2D eigenvalue weighted by atomic mass is 9.87. The van der Waals surface area contributed by atoms with Gasteiger partial charge in [-0.25, -0.2) is 4.39 Å². The van der Waals surface area contributed by atoms with E-state index in [1.807, 2.05) is 0 Å². The van der Waals surface area contributed by atoms with Crippen molar-refractivity contribution in [3.63, 3.8) is 0 Å². The van der Waals surface area contributed by atoms with E-state index in [2.05, 4.69) is 0 Å². The van der Waals surface area contributed by atoms with Crippen LogP contribution in [-0.2, 0) is 4.79 Å². The van der Waals surface area contributed by atoms with Crippen LogP contribution in [-0.4, -0.2) is 35.0 Å². The summed E-state index contributed by atoms with van der Waals surface area (Å²) < 4.78 is 12.9. The normalized spacial score (nSPS) is 18.8. The zero-order chi connectivity index (χ0) is 14.7. The molecule has 118 valence electrons. The number of carbonyl (C=O) groups is 1. The summed E-state index contributed by atoms with van der Waals surface area (Å²) in [6.07, 6.45) is 0.858. The number of rotatable bonds is 3. The maximum absolute atomic E-state index is 12.9. The second-order valence-electron chi connectivity index (χ2n) is 5.45. The average molecular weight is 317 g/mol. The van der Waals surface area contributed by atoms with Gasteiger partial charge < -0.3 is 15.7 Å². The van der Waals surface area contributed by atoms with Crippen molar-refractivity contribution in [2.24, 2.45) is 11.7 Å². The van der Waals surface area contributed by atoms with Crippen molar-refractivity contribution in [1.29, 1.82) is 0 Å². The van der Waals surface area contributed by atoms with E-state index in [4.69, 9.17) is 5.73 Å². The number of carbonyl (C=O) groups excluding carboxylic acids is 1. The van der Waals surface area contributed by atoms with Gasteiger partial charge in [0.25, 0.3) is 0 Å². The van der Waals surface area contributed by atoms with E-state index in [1.54, 1.807) is 24.0 Å². The van der Waals surface area contributed by atoms with E-state index < -0.39 is 12.1 Å². The Morgan fingerprint density at radius 3 is 2.33 bits per heavy atom. The van der Waals surface area contributed by atoms with Crippen LogP contribution in [0.15, 0.2) is 24.3 Å². The highest BCUT2D eigenvalue weighted by Crippen LogP contribution is 2.30. The van der Waals surface area contributed by atoms with Crippen molar-refractivity contribution >= 4 is 18.3 Å². The minimum atomic E-state index is -0.608. The molecule has 4 nitrogen and oxygen atoms in total. The molecule has 1 saturated heterocycles. The number of piperidine rings is 1. The van der Waals surface area contributed by atoms with Crippen molar-refractivity contribution in [1.82, 2.24) is 4.90 Å². The van der Waals surface area contributed by atoms with Crippen molar-refractivity contribution in [2.45, 2.75) is 31.9 Å². The number of hydrogen-bond donors (Lipinski definition) is 2. The summed E-state index contributed by atoms with van der Waals surface area (Å²) in [4.78, 5) is 13.5. The highest BCUT2D eigenvalue weighted by Gasteiger charge is 2.29. The van der Waals surface area contributed by atoms with Gasteiger partial charge in [0, 0.05) is 13.1 Å². The van der Waals surface area contributed by atoms with Crippen molar-refractivity contribution in [2.75, 3.05) is 13.1 Å². The van der Waals surface area contributed by atoms with Gasteiger partial charge in [0.05, 0.1) is 12.1 Å². The number of nitrogens with zero attached hydrogens (tertiary/aromatic N) is 1. The number of amides is 1. The Balaban J connectivity index is 0.00000220. The molecular weight excluding hydrogens is 295 g/mol.